The van der Waals surface area contributed by atoms with E-state index in [1.807, 2.05) is 6.92 Å². The van der Waals surface area contributed by atoms with Gasteiger partial charge in [0.2, 0.25) is 0 Å². The molecule has 2 aromatic carbocycles. The van der Waals surface area contributed by atoms with Crippen LogP contribution < -0.4 is 0 Å². The summed E-state index contributed by atoms with van der Waals surface area (Å²) in [6.07, 6.45) is 2.54. The van der Waals surface area contributed by atoms with Gasteiger partial charge >= 0.3 is 0 Å². The third-order valence-electron chi connectivity index (χ3n) is 3.86. The molecule has 0 unspecified atom stereocenters. The lowest BCUT2D eigenvalue weighted by molar-refractivity contribution is 0.441. The van der Waals surface area contributed by atoms with Crippen LogP contribution in [0.1, 0.15) is 37.5 Å². The molecule has 0 radical (unpaired) electrons. The van der Waals surface area contributed by atoms with Gasteiger partial charge < -0.3 is 10.2 Å². The maximum Gasteiger partial charge on any atom is 0.130 e. The fourth-order valence-electron chi connectivity index (χ4n) is 2.61. The average molecular weight is 270 g/mol. The minimum atomic E-state index is 0.164. The third kappa shape index (κ3) is 2.51. The summed E-state index contributed by atoms with van der Waals surface area (Å²) in [5.41, 5.74) is 5.01. The Labute approximate surface area is 120 Å². The lowest BCUT2D eigenvalue weighted by Crippen LogP contribution is -1.93. The van der Waals surface area contributed by atoms with Crippen LogP contribution in [0.15, 0.2) is 30.3 Å². The van der Waals surface area contributed by atoms with Gasteiger partial charge in [-0.25, -0.2) is 0 Å². The highest BCUT2D eigenvalue weighted by Gasteiger charge is 2.14. The minimum Gasteiger partial charge on any atom is -0.508 e. The fourth-order valence-corrected chi connectivity index (χ4v) is 2.61. The smallest absolute Gasteiger partial charge is 0.130 e. The van der Waals surface area contributed by atoms with Gasteiger partial charge in [0.05, 0.1) is 0 Å². The van der Waals surface area contributed by atoms with E-state index in [1.165, 1.54) is 11.1 Å². The first-order valence-electron chi connectivity index (χ1n) is 7.28. The van der Waals surface area contributed by atoms with Crippen LogP contribution in [0.2, 0.25) is 0 Å². The topological polar surface area (TPSA) is 40.5 Å². The Hall–Kier alpha value is -1.96. The first-order valence-corrected chi connectivity index (χ1v) is 7.28. The highest BCUT2D eigenvalue weighted by atomic mass is 16.3. The second kappa shape index (κ2) is 6.00. The van der Waals surface area contributed by atoms with E-state index < -0.39 is 0 Å². The van der Waals surface area contributed by atoms with Gasteiger partial charge in [0.15, 0.2) is 0 Å². The molecule has 0 atom stereocenters. The lowest BCUT2D eigenvalue weighted by Gasteiger charge is -2.14. The number of hydrogen-bond acceptors (Lipinski definition) is 2. The SMILES string of the molecule is CCc1ccc(-c2ccc(O)c(CC)c2O)c(CC)c1. The van der Waals surface area contributed by atoms with Gasteiger partial charge in [0.25, 0.3) is 0 Å². The van der Waals surface area contributed by atoms with E-state index in [4.69, 9.17) is 0 Å². The van der Waals surface area contributed by atoms with Crippen LogP contribution in [0.25, 0.3) is 11.1 Å². The van der Waals surface area contributed by atoms with E-state index in [-0.39, 0.29) is 11.5 Å². The molecule has 106 valence electrons. The molecule has 2 heteroatoms. The maximum absolute atomic E-state index is 10.4. The van der Waals surface area contributed by atoms with Crippen molar-refractivity contribution in [3.05, 3.63) is 47.0 Å². The molecule has 2 nitrogen and oxygen atoms in total. The number of benzene rings is 2. The Kier molecular flexibility index (Phi) is 4.33. The van der Waals surface area contributed by atoms with Gasteiger partial charge in [0.1, 0.15) is 11.5 Å². The van der Waals surface area contributed by atoms with Crippen LogP contribution in [0.4, 0.5) is 0 Å². The zero-order chi connectivity index (χ0) is 14.7. The van der Waals surface area contributed by atoms with E-state index >= 15 is 0 Å². The Balaban J connectivity index is 2.62. The summed E-state index contributed by atoms with van der Waals surface area (Å²) >= 11 is 0. The van der Waals surface area contributed by atoms with Crippen molar-refractivity contribution in [3.63, 3.8) is 0 Å². The molecule has 0 saturated heterocycles. The lowest BCUT2D eigenvalue weighted by atomic mass is 9.93. The maximum atomic E-state index is 10.4. The van der Waals surface area contributed by atoms with Crippen molar-refractivity contribution in [1.82, 2.24) is 0 Å². The van der Waals surface area contributed by atoms with Gasteiger partial charge in [-0.05, 0) is 48.1 Å². The van der Waals surface area contributed by atoms with Gasteiger partial charge in [-0.15, -0.1) is 0 Å². The Bertz CT molecular complexity index is 615. The minimum absolute atomic E-state index is 0.164. The monoisotopic (exact) mass is 270 g/mol. The van der Waals surface area contributed by atoms with E-state index in [0.29, 0.717) is 12.0 Å². The molecule has 0 spiro atoms. The average Bonchev–Trinajstić information content (AvgIpc) is 2.47. The van der Waals surface area contributed by atoms with E-state index in [2.05, 4.69) is 32.0 Å². The first kappa shape index (κ1) is 14.4. The molecule has 20 heavy (non-hydrogen) atoms. The quantitative estimate of drug-likeness (QED) is 0.861. The van der Waals surface area contributed by atoms with Gasteiger partial charge in [-0.1, -0.05) is 39.0 Å². The summed E-state index contributed by atoms with van der Waals surface area (Å²) in [5.74, 6) is 0.364. The predicted octanol–water partition coefficient (Wildman–Crippen LogP) is 4.45. The summed E-state index contributed by atoms with van der Waals surface area (Å²) < 4.78 is 0. The van der Waals surface area contributed by atoms with Crippen molar-refractivity contribution in [2.24, 2.45) is 0 Å². The zero-order valence-corrected chi connectivity index (χ0v) is 12.4. The number of aromatic hydroxyl groups is 2. The van der Waals surface area contributed by atoms with Crippen LogP contribution in [0.5, 0.6) is 11.5 Å². The number of phenols is 2. The second-order valence-corrected chi connectivity index (χ2v) is 5.01. The van der Waals surface area contributed by atoms with Gasteiger partial charge in [-0.2, -0.15) is 0 Å². The summed E-state index contributed by atoms with van der Waals surface area (Å²) in [6, 6.07) is 9.84. The molecule has 0 bridgehead atoms. The summed E-state index contributed by atoms with van der Waals surface area (Å²) in [7, 11) is 0. The number of rotatable bonds is 4. The van der Waals surface area contributed by atoms with E-state index in [0.717, 1.165) is 24.0 Å². The number of aryl methyl sites for hydroxylation is 2. The Morgan fingerprint density at radius 3 is 2.10 bits per heavy atom. The van der Waals surface area contributed by atoms with Gasteiger partial charge in [-0.3, -0.25) is 0 Å². The van der Waals surface area contributed by atoms with Gasteiger partial charge in [0, 0.05) is 11.1 Å². The van der Waals surface area contributed by atoms with Crippen molar-refractivity contribution in [2.75, 3.05) is 0 Å². The molecule has 0 saturated carbocycles. The molecule has 0 amide bonds. The molecule has 0 fully saturated rings. The highest BCUT2D eigenvalue weighted by molar-refractivity contribution is 5.76. The highest BCUT2D eigenvalue weighted by Crippen LogP contribution is 2.39. The van der Waals surface area contributed by atoms with E-state index in [1.54, 1.807) is 12.1 Å². The molecule has 0 heterocycles. The van der Waals surface area contributed by atoms with Crippen LogP contribution in [0, 0.1) is 0 Å². The summed E-state index contributed by atoms with van der Waals surface area (Å²) in [6.45, 7) is 6.19. The van der Waals surface area contributed by atoms with E-state index in [9.17, 15) is 10.2 Å². The first-order chi connectivity index (χ1) is 9.62. The van der Waals surface area contributed by atoms with Crippen LogP contribution in [-0.4, -0.2) is 10.2 Å². The summed E-state index contributed by atoms with van der Waals surface area (Å²) in [4.78, 5) is 0. The molecule has 0 aliphatic heterocycles. The molecular formula is C18H22O2. The van der Waals surface area contributed by atoms with Crippen LogP contribution >= 0.6 is 0 Å². The van der Waals surface area contributed by atoms with Crippen molar-refractivity contribution in [3.8, 4) is 22.6 Å². The van der Waals surface area contributed by atoms with Crippen LogP contribution in [0.3, 0.4) is 0 Å². The normalized spacial score (nSPS) is 10.8. The molecule has 2 rings (SSSR count). The largest absolute Gasteiger partial charge is 0.508 e. The third-order valence-corrected chi connectivity index (χ3v) is 3.86. The zero-order valence-electron chi connectivity index (χ0n) is 12.4. The van der Waals surface area contributed by atoms with Crippen molar-refractivity contribution >= 4 is 0 Å². The molecule has 2 N–H and O–H groups in total. The van der Waals surface area contributed by atoms with Crippen molar-refractivity contribution < 1.29 is 10.2 Å². The van der Waals surface area contributed by atoms with Crippen molar-refractivity contribution in [1.29, 1.82) is 0 Å². The Morgan fingerprint density at radius 1 is 0.800 bits per heavy atom. The number of hydrogen-bond donors (Lipinski definition) is 2. The second-order valence-electron chi connectivity index (χ2n) is 5.01. The molecule has 2 aromatic rings. The fraction of sp³-hybridized carbons (Fsp3) is 0.333. The molecule has 0 aliphatic rings. The molecule has 0 aliphatic carbocycles. The standard InChI is InChI=1S/C18H22O2/c1-4-12-7-8-15(13(5-2)11-12)16-9-10-17(19)14(6-3)18(16)20/h7-11,19-20H,4-6H2,1-3H3. The van der Waals surface area contributed by atoms with Crippen molar-refractivity contribution in [2.45, 2.75) is 40.0 Å². The number of phenolic OH excluding ortho intramolecular Hbond substituents is 2. The molecular weight excluding hydrogens is 248 g/mol. The molecule has 0 aromatic heterocycles. The van der Waals surface area contributed by atoms with Crippen LogP contribution in [-0.2, 0) is 19.3 Å². The Morgan fingerprint density at radius 2 is 1.50 bits per heavy atom. The summed E-state index contributed by atoms with van der Waals surface area (Å²) in [5, 5.41) is 20.2. The predicted molar refractivity (Wildman–Crippen MR) is 83.3 cm³/mol.